The predicted molar refractivity (Wildman–Crippen MR) is 75.1 cm³/mol. The molecule has 0 saturated carbocycles. The molecule has 0 atom stereocenters. The number of nitrogens with zero attached hydrogens (tertiary/aromatic N) is 4. The Hall–Kier alpha value is -2.54. The summed E-state index contributed by atoms with van der Waals surface area (Å²) in [7, 11) is 0. The Kier molecular flexibility index (Phi) is 3.26. The molecule has 0 saturated heterocycles. The molecule has 0 bridgehead atoms. The molecule has 100 valence electrons. The number of aromatic nitrogens is 5. The van der Waals surface area contributed by atoms with Gasteiger partial charge in [0.05, 0.1) is 12.7 Å². The molecular weight excluding hydrogens is 274 g/mol. The first kappa shape index (κ1) is 12.5. The molecular formula is C13H11N5OS. The van der Waals surface area contributed by atoms with Crippen LogP contribution in [0.1, 0.15) is 5.56 Å². The van der Waals surface area contributed by atoms with E-state index < -0.39 is 0 Å². The standard InChI is InChI=1S/C13H11N5OS/c19-17-7-6-14-11(9-17)12-15-16-13(20)18(12)8-10-4-2-1-3-5-10/h1-7,9H,8H2,(H,16,20). The monoisotopic (exact) mass is 285 g/mol. The minimum absolute atomic E-state index is 0.478. The smallest absolute Gasteiger partial charge is 0.210 e. The third-order valence-electron chi connectivity index (χ3n) is 2.85. The maximum absolute atomic E-state index is 11.3. The van der Waals surface area contributed by atoms with Crippen LogP contribution in [0.2, 0.25) is 0 Å². The van der Waals surface area contributed by atoms with Crippen molar-refractivity contribution in [1.29, 1.82) is 0 Å². The van der Waals surface area contributed by atoms with Crippen LogP contribution < -0.4 is 4.73 Å². The zero-order chi connectivity index (χ0) is 13.9. The zero-order valence-electron chi connectivity index (χ0n) is 10.4. The van der Waals surface area contributed by atoms with Crippen LogP contribution in [0.5, 0.6) is 0 Å². The van der Waals surface area contributed by atoms with E-state index in [1.54, 1.807) is 0 Å². The molecule has 0 aliphatic rings. The van der Waals surface area contributed by atoms with Crippen molar-refractivity contribution in [3.8, 4) is 11.5 Å². The molecule has 1 N–H and O–H groups in total. The highest BCUT2D eigenvalue weighted by molar-refractivity contribution is 7.71. The van der Waals surface area contributed by atoms with Crippen LogP contribution in [0.3, 0.4) is 0 Å². The first-order valence-electron chi connectivity index (χ1n) is 5.98. The molecule has 20 heavy (non-hydrogen) atoms. The lowest BCUT2D eigenvalue weighted by Crippen LogP contribution is -2.25. The van der Waals surface area contributed by atoms with Gasteiger partial charge in [-0.3, -0.25) is 9.67 Å². The Bertz CT molecular complexity index is 781. The molecule has 0 fully saturated rings. The summed E-state index contributed by atoms with van der Waals surface area (Å²) in [6, 6.07) is 9.89. The van der Waals surface area contributed by atoms with E-state index in [1.165, 1.54) is 18.6 Å². The molecule has 0 amide bonds. The first-order valence-corrected chi connectivity index (χ1v) is 6.39. The molecule has 3 rings (SSSR count). The van der Waals surface area contributed by atoms with E-state index in [2.05, 4.69) is 15.2 Å². The lowest BCUT2D eigenvalue weighted by molar-refractivity contribution is -0.605. The Morgan fingerprint density at radius 1 is 1.30 bits per heavy atom. The zero-order valence-corrected chi connectivity index (χ0v) is 11.2. The van der Waals surface area contributed by atoms with Gasteiger partial charge in [-0.15, -0.1) is 0 Å². The minimum atomic E-state index is 0.478. The molecule has 2 aromatic heterocycles. The SMILES string of the molecule is [O-][n+]1ccnc(-c2n[nH]c(=S)n2Cc2ccccc2)c1. The van der Waals surface area contributed by atoms with E-state index in [0.717, 1.165) is 5.56 Å². The van der Waals surface area contributed by atoms with Crippen molar-refractivity contribution in [3.63, 3.8) is 0 Å². The van der Waals surface area contributed by atoms with Crippen molar-refractivity contribution in [2.24, 2.45) is 0 Å². The van der Waals surface area contributed by atoms with Crippen LogP contribution in [0.15, 0.2) is 48.9 Å². The van der Waals surface area contributed by atoms with Crippen LogP contribution in [-0.2, 0) is 6.54 Å². The van der Waals surface area contributed by atoms with E-state index in [9.17, 15) is 5.21 Å². The lowest BCUT2D eigenvalue weighted by Gasteiger charge is -2.06. The van der Waals surface area contributed by atoms with Gasteiger partial charge < -0.3 is 5.21 Å². The van der Waals surface area contributed by atoms with Gasteiger partial charge in [-0.2, -0.15) is 9.83 Å². The van der Waals surface area contributed by atoms with E-state index in [-0.39, 0.29) is 0 Å². The van der Waals surface area contributed by atoms with Crippen molar-refractivity contribution in [2.45, 2.75) is 6.54 Å². The second-order valence-electron chi connectivity index (χ2n) is 4.23. The molecule has 0 aliphatic carbocycles. The molecule has 0 aliphatic heterocycles. The molecule has 0 spiro atoms. The average Bonchev–Trinajstić information content (AvgIpc) is 2.82. The summed E-state index contributed by atoms with van der Waals surface area (Å²) < 4.78 is 2.99. The van der Waals surface area contributed by atoms with Crippen molar-refractivity contribution >= 4 is 12.2 Å². The molecule has 6 nitrogen and oxygen atoms in total. The second kappa shape index (κ2) is 5.22. The van der Waals surface area contributed by atoms with Crippen LogP contribution in [-0.4, -0.2) is 19.7 Å². The highest BCUT2D eigenvalue weighted by Crippen LogP contribution is 2.14. The number of aromatic amines is 1. The average molecular weight is 285 g/mol. The van der Waals surface area contributed by atoms with Gasteiger partial charge in [0.2, 0.25) is 6.20 Å². The van der Waals surface area contributed by atoms with Gasteiger partial charge in [0.25, 0.3) is 0 Å². The maximum atomic E-state index is 11.3. The third-order valence-corrected chi connectivity index (χ3v) is 3.16. The molecule has 7 heteroatoms. The fourth-order valence-electron chi connectivity index (χ4n) is 1.92. The normalized spacial score (nSPS) is 10.6. The van der Waals surface area contributed by atoms with Gasteiger partial charge in [-0.25, -0.2) is 4.98 Å². The molecule has 1 aromatic carbocycles. The maximum Gasteiger partial charge on any atom is 0.210 e. The van der Waals surface area contributed by atoms with Crippen molar-refractivity contribution < 1.29 is 4.73 Å². The van der Waals surface area contributed by atoms with Gasteiger partial charge in [0.1, 0.15) is 0 Å². The number of H-pyrrole nitrogens is 1. The van der Waals surface area contributed by atoms with Crippen LogP contribution >= 0.6 is 12.2 Å². The lowest BCUT2D eigenvalue weighted by atomic mass is 10.2. The summed E-state index contributed by atoms with van der Waals surface area (Å²) in [5.41, 5.74) is 1.57. The Balaban J connectivity index is 2.04. The Labute approximate surface area is 119 Å². The predicted octanol–water partition coefficient (Wildman–Crippen LogP) is 1.68. The van der Waals surface area contributed by atoms with Crippen molar-refractivity contribution in [2.75, 3.05) is 0 Å². The quantitative estimate of drug-likeness (QED) is 0.451. The number of hydrogen-bond donors (Lipinski definition) is 1. The third kappa shape index (κ3) is 2.43. The van der Waals surface area contributed by atoms with Crippen LogP contribution in [0.4, 0.5) is 0 Å². The van der Waals surface area contributed by atoms with Gasteiger partial charge in [0, 0.05) is 0 Å². The fourth-order valence-corrected chi connectivity index (χ4v) is 2.11. The highest BCUT2D eigenvalue weighted by atomic mass is 32.1. The summed E-state index contributed by atoms with van der Waals surface area (Å²) in [4.78, 5) is 4.15. The number of rotatable bonds is 3. The van der Waals surface area contributed by atoms with Gasteiger partial charge >= 0.3 is 0 Å². The molecule has 0 radical (unpaired) electrons. The Morgan fingerprint density at radius 2 is 2.10 bits per heavy atom. The van der Waals surface area contributed by atoms with Crippen LogP contribution in [0, 0.1) is 9.98 Å². The largest absolute Gasteiger partial charge is 0.619 e. The number of hydrogen-bond acceptors (Lipinski definition) is 4. The van der Waals surface area contributed by atoms with E-state index >= 15 is 0 Å². The first-order chi connectivity index (χ1) is 9.74. The van der Waals surface area contributed by atoms with Crippen molar-refractivity contribution in [3.05, 3.63) is 64.5 Å². The molecule has 0 unspecified atom stereocenters. The minimum Gasteiger partial charge on any atom is -0.619 e. The number of nitrogens with one attached hydrogen (secondary N) is 1. The topological polar surface area (TPSA) is 73.4 Å². The van der Waals surface area contributed by atoms with Gasteiger partial charge in [-0.1, -0.05) is 30.3 Å². The van der Waals surface area contributed by atoms with Crippen molar-refractivity contribution in [1.82, 2.24) is 19.7 Å². The van der Waals surface area contributed by atoms with E-state index in [4.69, 9.17) is 12.2 Å². The molecule has 2 heterocycles. The summed E-state index contributed by atoms with van der Waals surface area (Å²) in [6.07, 6.45) is 4.13. The number of benzene rings is 1. The van der Waals surface area contributed by atoms with E-state index in [1.807, 2.05) is 34.9 Å². The van der Waals surface area contributed by atoms with Gasteiger partial charge in [0.15, 0.2) is 22.5 Å². The van der Waals surface area contributed by atoms with Crippen LogP contribution in [0.25, 0.3) is 11.5 Å². The summed E-state index contributed by atoms with van der Waals surface area (Å²) in [5, 5.41) is 18.2. The second-order valence-corrected chi connectivity index (χ2v) is 4.61. The van der Waals surface area contributed by atoms with E-state index in [0.29, 0.717) is 27.6 Å². The van der Waals surface area contributed by atoms with Gasteiger partial charge in [-0.05, 0) is 17.8 Å². The fraction of sp³-hybridized carbons (Fsp3) is 0.0769. The molecule has 3 aromatic rings. The highest BCUT2D eigenvalue weighted by Gasteiger charge is 2.13. The summed E-state index contributed by atoms with van der Waals surface area (Å²) in [6.45, 7) is 0.570. The summed E-state index contributed by atoms with van der Waals surface area (Å²) >= 11 is 5.24. The summed E-state index contributed by atoms with van der Waals surface area (Å²) in [5.74, 6) is 0.545. The Morgan fingerprint density at radius 3 is 2.85 bits per heavy atom.